The highest BCUT2D eigenvalue weighted by Crippen LogP contribution is 2.11. The summed E-state index contributed by atoms with van der Waals surface area (Å²) in [7, 11) is 1.59. The van der Waals surface area contributed by atoms with Crippen molar-refractivity contribution in [1.82, 2.24) is 5.32 Å². The summed E-state index contributed by atoms with van der Waals surface area (Å²) in [6.07, 6.45) is 2.63. The monoisotopic (exact) mass is 283 g/mol. The van der Waals surface area contributed by atoms with E-state index in [0.29, 0.717) is 13.1 Å². The van der Waals surface area contributed by atoms with Crippen LogP contribution in [0, 0.1) is 0 Å². The zero-order valence-corrected chi connectivity index (χ0v) is 11.5. The highest BCUT2D eigenvalue weighted by molar-refractivity contribution is 5.85. The first-order valence-corrected chi connectivity index (χ1v) is 6.11. The Bertz CT molecular complexity index is 385. The molecule has 1 aromatic carbocycles. The van der Waals surface area contributed by atoms with Gasteiger partial charge in [-0.1, -0.05) is 12.1 Å². The first-order chi connectivity index (χ1) is 9.63. The molecule has 0 unspecified atom stereocenters. The third kappa shape index (κ3) is 10.1. The molecule has 0 bridgehead atoms. The van der Waals surface area contributed by atoms with Crippen LogP contribution in [0.25, 0.3) is 6.08 Å². The molecule has 20 heavy (non-hydrogen) atoms. The zero-order valence-electron chi connectivity index (χ0n) is 11.5. The van der Waals surface area contributed by atoms with Gasteiger partial charge in [-0.05, 0) is 23.8 Å². The maximum atomic E-state index is 10.2. The van der Waals surface area contributed by atoms with E-state index in [9.17, 15) is 4.79 Å². The minimum atomic E-state index is -0.948. The summed E-state index contributed by atoms with van der Waals surface area (Å²) < 4.78 is 4.95. The summed E-state index contributed by atoms with van der Waals surface area (Å²) in [6, 6.07) is 7.14. The van der Waals surface area contributed by atoms with E-state index in [1.165, 1.54) is 6.08 Å². The van der Waals surface area contributed by atoms with Gasteiger partial charge >= 0.3 is 5.97 Å². The van der Waals surface area contributed by atoms with Gasteiger partial charge in [-0.2, -0.15) is 0 Å². The molecule has 6 nitrogen and oxygen atoms in total. The van der Waals surface area contributed by atoms with Crippen LogP contribution in [0.3, 0.4) is 0 Å². The van der Waals surface area contributed by atoms with Crippen molar-refractivity contribution < 1.29 is 24.9 Å². The molecule has 0 aliphatic rings. The fourth-order valence-corrected chi connectivity index (χ4v) is 1.17. The van der Waals surface area contributed by atoms with Gasteiger partial charge in [-0.25, -0.2) is 4.79 Å². The number of benzene rings is 1. The lowest BCUT2D eigenvalue weighted by Gasteiger charge is -1.98. The summed E-state index contributed by atoms with van der Waals surface area (Å²) in [6.45, 7) is 1.42. The fourth-order valence-electron chi connectivity index (χ4n) is 1.17. The first-order valence-electron chi connectivity index (χ1n) is 6.11. The number of carbonyl (C=O) groups is 1. The molecule has 6 heteroatoms. The van der Waals surface area contributed by atoms with E-state index in [-0.39, 0.29) is 13.2 Å². The molecule has 1 aromatic rings. The van der Waals surface area contributed by atoms with Crippen LogP contribution in [0.5, 0.6) is 5.75 Å². The van der Waals surface area contributed by atoms with E-state index in [2.05, 4.69) is 5.32 Å². The Morgan fingerprint density at radius 3 is 2.15 bits per heavy atom. The number of aliphatic hydroxyl groups is 2. The number of carboxylic acid groups (broad SMARTS) is 1. The Labute approximate surface area is 118 Å². The molecular weight excluding hydrogens is 262 g/mol. The van der Waals surface area contributed by atoms with Crippen molar-refractivity contribution in [3.8, 4) is 5.75 Å². The average Bonchev–Trinajstić information content (AvgIpc) is 2.47. The second kappa shape index (κ2) is 12.2. The van der Waals surface area contributed by atoms with Crippen LogP contribution in [0.2, 0.25) is 0 Å². The molecule has 1 rings (SSSR count). The van der Waals surface area contributed by atoms with Crippen LogP contribution < -0.4 is 10.1 Å². The average molecular weight is 283 g/mol. The Morgan fingerprint density at radius 1 is 1.20 bits per heavy atom. The molecule has 0 saturated carbocycles. The van der Waals surface area contributed by atoms with Gasteiger partial charge in [-0.15, -0.1) is 0 Å². The van der Waals surface area contributed by atoms with Crippen molar-refractivity contribution in [2.45, 2.75) is 0 Å². The third-order valence-electron chi connectivity index (χ3n) is 2.11. The normalized spacial score (nSPS) is 9.95. The molecule has 0 heterocycles. The lowest BCUT2D eigenvalue weighted by Crippen LogP contribution is -2.21. The molecule has 0 aliphatic heterocycles. The van der Waals surface area contributed by atoms with Gasteiger partial charge < -0.3 is 25.4 Å². The number of hydrogen-bond acceptors (Lipinski definition) is 5. The number of hydrogen-bond donors (Lipinski definition) is 4. The topological polar surface area (TPSA) is 99.0 Å². The van der Waals surface area contributed by atoms with E-state index >= 15 is 0 Å². The highest BCUT2D eigenvalue weighted by Gasteiger charge is 1.91. The molecule has 0 atom stereocenters. The molecule has 0 radical (unpaired) electrons. The van der Waals surface area contributed by atoms with Gasteiger partial charge in [0.2, 0.25) is 0 Å². The largest absolute Gasteiger partial charge is 0.497 e. The van der Waals surface area contributed by atoms with E-state index < -0.39 is 5.97 Å². The van der Waals surface area contributed by atoms with E-state index in [1.54, 1.807) is 31.4 Å². The maximum Gasteiger partial charge on any atom is 0.328 e. The Morgan fingerprint density at radius 2 is 1.75 bits per heavy atom. The number of rotatable bonds is 7. The molecule has 0 aliphatic carbocycles. The lowest BCUT2D eigenvalue weighted by atomic mass is 10.2. The molecule has 0 aromatic heterocycles. The van der Waals surface area contributed by atoms with Crippen molar-refractivity contribution in [3.63, 3.8) is 0 Å². The van der Waals surface area contributed by atoms with Crippen LogP contribution in [0.15, 0.2) is 30.3 Å². The van der Waals surface area contributed by atoms with Crippen molar-refractivity contribution in [1.29, 1.82) is 0 Å². The van der Waals surface area contributed by atoms with Crippen LogP contribution in [-0.2, 0) is 4.79 Å². The van der Waals surface area contributed by atoms with Gasteiger partial charge in [0.15, 0.2) is 0 Å². The number of methoxy groups -OCH3 is 1. The summed E-state index contributed by atoms with van der Waals surface area (Å²) >= 11 is 0. The smallest absolute Gasteiger partial charge is 0.328 e. The van der Waals surface area contributed by atoms with Gasteiger partial charge in [0.25, 0.3) is 0 Å². The minimum Gasteiger partial charge on any atom is -0.497 e. The zero-order chi connectivity index (χ0) is 15.2. The molecule has 4 N–H and O–H groups in total. The summed E-state index contributed by atoms with van der Waals surface area (Å²) in [5.41, 5.74) is 0.836. The van der Waals surface area contributed by atoms with Gasteiger partial charge in [-0.3, -0.25) is 0 Å². The summed E-state index contributed by atoms with van der Waals surface area (Å²) in [5, 5.41) is 27.4. The minimum absolute atomic E-state index is 0.139. The summed E-state index contributed by atoms with van der Waals surface area (Å²) in [5.74, 6) is -0.191. The Hall–Kier alpha value is -1.89. The van der Waals surface area contributed by atoms with Crippen molar-refractivity contribution in [2.24, 2.45) is 0 Å². The van der Waals surface area contributed by atoms with Gasteiger partial charge in [0.1, 0.15) is 5.75 Å². The molecule has 0 fully saturated rings. The second-order valence-corrected chi connectivity index (χ2v) is 3.64. The standard InChI is InChI=1S/C10H10O3.C4H11NO2/c1-13-9-5-2-8(3-6-9)4-7-10(11)12;6-3-1-5-2-4-7/h2-7H,1H3,(H,11,12);5-7H,1-4H2. The SMILES string of the molecule is COc1ccc(C=CC(=O)O)cc1.OCCNCCO. The van der Waals surface area contributed by atoms with E-state index in [1.807, 2.05) is 0 Å². The Balaban J connectivity index is 0.000000441. The van der Waals surface area contributed by atoms with Crippen LogP contribution >= 0.6 is 0 Å². The predicted molar refractivity (Wildman–Crippen MR) is 76.7 cm³/mol. The molecule has 0 saturated heterocycles. The Kier molecular flexibility index (Phi) is 11.0. The number of ether oxygens (including phenoxy) is 1. The van der Waals surface area contributed by atoms with Crippen LogP contribution in [0.1, 0.15) is 5.56 Å². The molecule has 0 spiro atoms. The summed E-state index contributed by atoms with van der Waals surface area (Å²) in [4.78, 5) is 10.2. The second-order valence-electron chi connectivity index (χ2n) is 3.64. The maximum absolute atomic E-state index is 10.2. The van der Waals surface area contributed by atoms with E-state index in [4.69, 9.17) is 20.1 Å². The van der Waals surface area contributed by atoms with Gasteiger partial charge in [0, 0.05) is 19.2 Å². The van der Waals surface area contributed by atoms with E-state index in [0.717, 1.165) is 17.4 Å². The van der Waals surface area contributed by atoms with Gasteiger partial charge in [0.05, 0.1) is 20.3 Å². The number of aliphatic hydroxyl groups excluding tert-OH is 2. The molecular formula is C14H21NO5. The predicted octanol–water partition coefficient (Wildman–Crippen LogP) is 0.354. The third-order valence-corrected chi connectivity index (χ3v) is 2.11. The van der Waals surface area contributed by atoms with Crippen molar-refractivity contribution in [3.05, 3.63) is 35.9 Å². The van der Waals surface area contributed by atoms with Crippen LogP contribution in [0.4, 0.5) is 0 Å². The fraction of sp³-hybridized carbons (Fsp3) is 0.357. The quantitative estimate of drug-likeness (QED) is 0.426. The van der Waals surface area contributed by atoms with Crippen molar-refractivity contribution in [2.75, 3.05) is 33.4 Å². The highest BCUT2D eigenvalue weighted by atomic mass is 16.5. The number of carboxylic acids is 1. The number of nitrogens with one attached hydrogen (secondary N) is 1. The lowest BCUT2D eigenvalue weighted by molar-refractivity contribution is -0.131. The number of aliphatic carboxylic acids is 1. The molecule has 0 amide bonds. The first kappa shape index (κ1) is 18.1. The van der Waals surface area contributed by atoms with Crippen LogP contribution in [-0.4, -0.2) is 54.7 Å². The van der Waals surface area contributed by atoms with Crippen molar-refractivity contribution >= 4 is 12.0 Å². The molecule has 112 valence electrons.